The van der Waals surface area contributed by atoms with E-state index in [0.29, 0.717) is 6.20 Å². The van der Waals surface area contributed by atoms with Crippen LogP contribution in [0.15, 0.2) is 24.5 Å². The van der Waals surface area contributed by atoms with Crippen molar-refractivity contribution in [3.05, 3.63) is 41.3 Å². The van der Waals surface area contributed by atoms with E-state index in [1.165, 1.54) is 11.8 Å². The maximum absolute atomic E-state index is 13.9. The second kappa shape index (κ2) is 7.75. The Bertz CT molecular complexity index is 1040. The molecule has 31 heavy (non-hydrogen) atoms. The average Bonchev–Trinajstić information content (AvgIpc) is 2.68. The van der Waals surface area contributed by atoms with E-state index in [-0.39, 0.29) is 30.2 Å². The Hall–Kier alpha value is -3.31. The molecule has 0 saturated carbocycles. The summed E-state index contributed by atoms with van der Waals surface area (Å²) in [6.07, 6.45) is -3.92. The normalized spacial score (nSPS) is 18.6. The van der Waals surface area contributed by atoms with Crippen LogP contribution in [0.3, 0.4) is 0 Å². The van der Waals surface area contributed by atoms with Crippen molar-refractivity contribution in [2.75, 3.05) is 18.0 Å². The van der Waals surface area contributed by atoms with Gasteiger partial charge in [-0.1, -0.05) is 6.92 Å². The molecular weight excluding hydrogens is 425 g/mol. The third-order valence-corrected chi connectivity index (χ3v) is 5.14. The minimum absolute atomic E-state index is 0.191. The van der Waals surface area contributed by atoms with Gasteiger partial charge in [-0.3, -0.25) is 14.6 Å². The van der Waals surface area contributed by atoms with E-state index in [1.54, 1.807) is 0 Å². The number of piperidine rings is 1. The molecule has 1 fully saturated rings. The topological polar surface area (TPSA) is 115 Å². The van der Waals surface area contributed by atoms with Crippen LogP contribution in [-0.4, -0.2) is 40.8 Å². The molecule has 1 atom stereocenters. The summed E-state index contributed by atoms with van der Waals surface area (Å²) in [5.41, 5.74) is 7.58. The third-order valence-electron chi connectivity index (χ3n) is 5.14. The zero-order chi connectivity index (χ0) is 23.1. The van der Waals surface area contributed by atoms with Crippen LogP contribution < -0.4 is 16.4 Å². The van der Waals surface area contributed by atoms with Gasteiger partial charge in [0.2, 0.25) is 0 Å². The lowest BCUT2D eigenvalue weighted by molar-refractivity contribution is -0.137. The van der Waals surface area contributed by atoms with Crippen molar-refractivity contribution in [2.45, 2.75) is 25.4 Å². The number of nitrogens with zero attached hydrogens (tertiary/aromatic N) is 3. The predicted octanol–water partition coefficient (Wildman–Crippen LogP) is 2.84. The molecule has 0 radical (unpaired) electrons. The van der Waals surface area contributed by atoms with Crippen LogP contribution in [-0.2, 0) is 6.18 Å². The summed E-state index contributed by atoms with van der Waals surface area (Å²) < 4.78 is 69.1. The molecule has 2 amide bonds. The first-order chi connectivity index (χ1) is 14.3. The number of halogens is 5. The molecule has 166 valence electrons. The van der Waals surface area contributed by atoms with E-state index in [0.717, 1.165) is 18.3 Å². The summed E-state index contributed by atoms with van der Waals surface area (Å²) >= 11 is 0. The number of anilines is 1. The summed E-state index contributed by atoms with van der Waals surface area (Å²) in [7, 11) is 0. The Kier molecular flexibility index (Phi) is 5.59. The molecule has 12 heteroatoms. The van der Waals surface area contributed by atoms with E-state index >= 15 is 0 Å². The lowest BCUT2D eigenvalue weighted by atomic mass is 9.92. The zero-order valence-corrected chi connectivity index (χ0v) is 16.2. The molecule has 3 heterocycles. The van der Waals surface area contributed by atoms with Crippen molar-refractivity contribution < 1.29 is 31.5 Å². The average molecular weight is 443 g/mol. The van der Waals surface area contributed by atoms with Crippen molar-refractivity contribution in [2.24, 2.45) is 17.4 Å². The van der Waals surface area contributed by atoms with Crippen LogP contribution in [0, 0.1) is 5.92 Å². The van der Waals surface area contributed by atoms with Crippen molar-refractivity contribution in [1.29, 1.82) is 0 Å². The molecule has 1 aliphatic heterocycles. The highest BCUT2D eigenvalue weighted by Gasteiger charge is 2.43. The van der Waals surface area contributed by atoms with Gasteiger partial charge in [0, 0.05) is 43.4 Å². The summed E-state index contributed by atoms with van der Waals surface area (Å²) in [4.78, 5) is 32.5. The van der Waals surface area contributed by atoms with Gasteiger partial charge in [-0.05, 0) is 17.7 Å². The summed E-state index contributed by atoms with van der Waals surface area (Å²) in [6.45, 7) is 0.815. The van der Waals surface area contributed by atoms with Crippen LogP contribution >= 0.6 is 0 Å². The molecule has 0 unspecified atom stereocenters. The lowest BCUT2D eigenvalue weighted by Gasteiger charge is -2.38. The van der Waals surface area contributed by atoms with Crippen molar-refractivity contribution >= 4 is 17.6 Å². The Morgan fingerprint density at radius 2 is 1.87 bits per heavy atom. The third kappa shape index (κ3) is 4.28. The van der Waals surface area contributed by atoms with Crippen LogP contribution in [0.5, 0.6) is 0 Å². The molecule has 2 aromatic rings. The Morgan fingerprint density at radius 1 is 1.19 bits per heavy atom. The quantitative estimate of drug-likeness (QED) is 0.706. The molecule has 3 rings (SSSR count). The number of aromatic nitrogens is 2. The predicted molar refractivity (Wildman–Crippen MR) is 100 cm³/mol. The fourth-order valence-electron chi connectivity index (χ4n) is 3.49. The van der Waals surface area contributed by atoms with Crippen LogP contribution in [0.1, 0.15) is 39.8 Å². The standard InChI is InChI=1S/C19H18F5N5O2/c1-9-8-29(5-3-18(9,20)21)17-14(16(26)31)13(11(7-28-17)19(22,23)24)10-2-4-27-12(6-10)15(25)30/h2,4,6-7,9H,3,5,8H2,1H3,(H2,25,30)(H2,26,31)/t9-/m1/s1. The minimum atomic E-state index is -4.93. The number of alkyl halides is 5. The summed E-state index contributed by atoms with van der Waals surface area (Å²) in [6, 6.07) is 2.15. The van der Waals surface area contributed by atoms with E-state index < -0.39 is 52.9 Å². The minimum Gasteiger partial charge on any atom is -0.365 e. The van der Waals surface area contributed by atoms with Crippen LogP contribution in [0.4, 0.5) is 27.8 Å². The molecule has 0 aliphatic carbocycles. The summed E-state index contributed by atoms with van der Waals surface area (Å²) in [5.74, 6) is -6.55. The van der Waals surface area contributed by atoms with Crippen LogP contribution in [0.2, 0.25) is 0 Å². The lowest BCUT2D eigenvalue weighted by Crippen LogP contribution is -2.47. The van der Waals surface area contributed by atoms with Crippen molar-refractivity contribution in [1.82, 2.24) is 9.97 Å². The highest BCUT2D eigenvalue weighted by atomic mass is 19.4. The van der Waals surface area contributed by atoms with Gasteiger partial charge in [0.05, 0.1) is 11.1 Å². The second-order valence-corrected chi connectivity index (χ2v) is 7.26. The van der Waals surface area contributed by atoms with Gasteiger partial charge in [-0.15, -0.1) is 0 Å². The molecule has 7 nitrogen and oxygen atoms in total. The number of pyridine rings is 2. The number of carbonyl (C=O) groups excluding carboxylic acids is 2. The fourth-order valence-corrected chi connectivity index (χ4v) is 3.49. The van der Waals surface area contributed by atoms with Crippen LogP contribution in [0.25, 0.3) is 11.1 Å². The molecule has 0 bridgehead atoms. The van der Waals surface area contributed by atoms with Crippen molar-refractivity contribution in [3.63, 3.8) is 0 Å². The fraction of sp³-hybridized carbons (Fsp3) is 0.368. The molecule has 1 saturated heterocycles. The molecule has 2 aromatic heterocycles. The van der Waals surface area contributed by atoms with E-state index in [2.05, 4.69) is 9.97 Å². The van der Waals surface area contributed by atoms with Gasteiger partial charge in [0.15, 0.2) is 0 Å². The number of hydrogen-bond acceptors (Lipinski definition) is 5. The van der Waals surface area contributed by atoms with E-state index in [9.17, 15) is 31.5 Å². The largest absolute Gasteiger partial charge is 0.418 e. The molecular formula is C19H18F5N5O2. The SMILES string of the molecule is C[C@@H]1CN(c2ncc(C(F)(F)F)c(-c3ccnc(C(N)=O)c3)c2C(N)=O)CCC1(F)F. The van der Waals surface area contributed by atoms with Gasteiger partial charge < -0.3 is 16.4 Å². The molecule has 1 aliphatic rings. The first-order valence-electron chi connectivity index (χ1n) is 9.12. The number of rotatable bonds is 4. The van der Waals surface area contributed by atoms with E-state index in [4.69, 9.17) is 11.5 Å². The number of primary amides is 2. The maximum atomic E-state index is 13.9. The van der Waals surface area contributed by atoms with Crippen molar-refractivity contribution in [3.8, 4) is 11.1 Å². The first kappa shape index (κ1) is 22.4. The maximum Gasteiger partial charge on any atom is 0.418 e. The van der Waals surface area contributed by atoms with Gasteiger partial charge in [-0.25, -0.2) is 13.8 Å². The monoisotopic (exact) mass is 443 g/mol. The highest BCUT2D eigenvalue weighted by molar-refractivity contribution is 6.05. The summed E-state index contributed by atoms with van der Waals surface area (Å²) in [5, 5.41) is 0. The Labute approximate surface area is 173 Å². The molecule has 0 aromatic carbocycles. The van der Waals surface area contributed by atoms with Gasteiger partial charge in [-0.2, -0.15) is 13.2 Å². The Morgan fingerprint density at radius 3 is 2.42 bits per heavy atom. The highest BCUT2D eigenvalue weighted by Crippen LogP contribution is 2.43. The number of nitrogens with two attached hydrogens (primary N) is 2. The van der Waals surface area contributed by atoms with Gasteiger partial charge in [0.25, 0.3) is 17.7 Å². The Balaban J connectivity index is 2.27. The number of amides is 2. The number of carbonyl (C=O) groups is 2. The second-order valence-electron chi connectivity index (χ2n) is 7.26. The number of hydrogen-bond donors (Lipinski definition) is 2. The molecule has 4 N–H and O–H groups in total. The van der Waals surface area contributed by atoms with Gasteiger partial charge >= 0.3 is 6.18 Å². The first-order valence-corrected chi connectivity index (χ1v) is 9.12. The smallest absolute Gasteiger partial charge is 0.365 e. The van der Waals surface area contributed by atoms with Gasteiger partial charge in [0.1, 0.15) is 11.5 Å². The molecule has 0 spiro atoms. The zero-order valence-electron chi connectivity index (χ0n) is 16.2. The van der Waals surface area contributed by atoms with E-state index in [1.807, 2.05) is 0 Å².